The molecule has 28 heavy (non-hydrogen) atoms. The molecule has 0 saturated carbocycles. The van der Waals surface area contributed by atoms with E-state index in [1.807, 2.05) is 6.92 Å². The molecular formula is C19H24N2O5S2. The van der Waals surface area contributed by atoms with Gasteiger partial charge in [-0.15, -0.1) is 0 Å². The maximum atomic E-state index is 12.8. The fourth-order valence-electron chi connectivity index (χ4n) is 3.09. The Kier molecular flexibility index (Phi) is 6.09. The predicted molar refractivity (Wildman–Crippen MR) is 106 cm³/mol. The summed E-state index contributed by atoms with van der Waals surface area (Å²) in [6.45, 7) is 2.47. The highest BCUT2D eigenvalue weighted by Gasteiger charge is 2.33. The highest BCUT2D eigenvalue weighted by atomic mass is 32.2. The lowest BCUT2D eigenvalue weighted by Crippen LogP contribution is -2.50. The Morgan fingerprint density at radius 3 is 1.50 bits per heavy atom. The van der Waals surface area contributed by atoms with Crippen molar-refractivity contribution in [3.8, 4) is 5.75 Å². The number of piperazine rings is 1. The molecule has 152 valence electrons. The molecule has 0 unspecified atom stereocenters. The van der Waals surface area contributed by atoms with Gasteiger partial charge in [0.25, 0.3) is 0 Å². The Balaban J connectivity index is 1.72. The van der Waals surface area contributed by atoms with Gasteiger partial charge in [0.2, 0.25) is 20.0 Å². The Bertz CT molecular complexity index is 923. The van der Waals surface area contributed by atoms with E-state index in [2.05, 4.69) is 0 Å². The van der Waals surface area contributed by atoms with Crippen LogP contribution in [0.5, 0.6) is 5.75 Å². The SMILES string of the molecule is CCc1ccc(S(=O)(=O)N2CCN(S(=O)(=O)c3ccc(OC)cc3)CC2)cc1. The molecule has 0 aromatic heterocycles. The molecule has 0 aliphatic carbocycles. The third kappa shape index (κ3) is 4.07. The molecule has 9 heteroatoms. The van der Waals surface area contributed by atoms with Gasteiger partial charge in [0.15, 0.2) is 0 Å². The maximum absolute atomic E-state index is 12.8. The number of sulfonamides is 2. The summed E-state index contributed by atoms with van der Waals surface area (Å²) < 4.78 is 59.0. The number of ether oxygens (including phenoxy) is 1. The number of nitrogens with zero attached hydrogens (tertiary/aromatic N) is 2. The number of methoxy groups -OCH3 is 1. The second kappa shape index (κ2) is 8.20. The van der Waals surface area contributed by atoms with Crippen LogP contribution in [0.1, 0.15) is 12.5 Å². The fourth-order valence-corrected chi connectivity index (χ4v) is 5.94. The zero-order valence-corrected chi connectivity index (χ0v) is 17.5. The van der Waals surface area contributed by atoms with E-state index < -0.39 is 20.0 Å². The summed E-state index contributed by atoms with van der Waals surface area (Å²) in [7, 11) is -5.79. The average molecular weight is 425 g/mol. The van der Waals surface area contributed by atoms with Gasteiger partial charge < -0.3 is 4.74 Å². The molecule has 0 radical (unpaired) electrons. The van der Waals surface area contributed by atoms with Crippen molar-refractivity contribution in [2.75, 3.05) is 33.3 Å². The number of aryl methyl sites for hydroxylation is 1. The lowest BCUT2D eigenvalue weighted by molar-refractivity contribution is 0.273. The largest absolute Gasteiger partial charge is 0.497 e. The molecule has 0 bridgehead atoms. The van der Waals surface area contributed by atoms with Gasteiger partial charge >= 0.3 is 0 Å². The van der Waals surface area contributed by atoms with E-state index in [9.17, 15) is 16.8 Å². The third-order valence-electron chi connectivity index (χ3n) is 4.86. The summed E-state index contributed by atoms with van der Waals surface area (Å²) in [5.74, 6) is 0.573. The van der Waals surface area contributed by atoms with Crippen LogP contribution in [-0.2, 0) is 26.5 Å². The second-order valence-corrected chi connectivity index (χ2v) is 10.4. The van der Waals surface area contributed by atoms with E-state index in [0.29, 0.717) is 5.75 Å². The van der Waals surface area contributed by atoms with E-state index in [-0.39, 0.29) is 36.0 Å². The molecule has 3 rings (SSSR count). The van der Waals surface area contributed by atoms with Crippen molar-refractivity contribution in [3.05, 3.63) is 54.1 Å². The van der Waals surface area contributed by atoms with Crippen LogP contribution in [0, 0.1) is 0 Å². The molecule has 1 fully saturated rings. The zero-order chi connectivity index (χ0) is 20.4. The molecule has 1 heterocycles. The van der Waals surface area contributed by atoms with Crippen LogP contribution in [0.25, 0.3) is 0 Å². The van der Waals surface area contributed by atoms with Gasteiger partial charge in [0.1, 0.15) is 5.75 Å². The van der Waals surface area contributed by atoms with Gasteiger partial charge in [-0.1, -0.05) is 19.1 Å². The van der Waals surface area contributed by atoms with Crippen molar-refractivity contribution in [2.45, 2.75) is 23.1 Å². The van der Waals surface area contributed by atoms with E-state index in [1.165, 1.54) is 27.9 Å². The Morgan fingerprint density at radius 1 is 0.750 bits per heavy atom. The van der Waals surface area contributed by atoms with Gasteiger partial charge in [-0.3, -0.25) is 0 Å². The monoisotopic (exact) mass is 424 g/mol. The van der Waals surface area contributed by atoms with Crippen molar-refractivity contribution in [1.29, 1.82) is 0 Å². The highest BCUT2D eigenvalue weighted by Crippen LogP contribution is 2.23. The Labute approximate surface area is 166 Å². The molecule has 0 N–H and O–H groups in total. The van der Waals surface area contributed by atoms with E-state index in [4.69, 9.17) is 4.74 Å². The van der Waals surface area contributed by atoms with Gasteiger partial charge in [0, 0.05) is 26.2 Å². The first-order valence-electron chi connectivity index (χ1n) is 9.02. The quantitative estimate of drug-likeness (QED) is 0.708. The van der Waals surface area contributed by atoms with Crippen LogP contribution in [0.3, 0.4) is 0 Å². The zero-order valence-electron chi connectivity index (χ0n) is 15.9. The number of rotatable bonds is 6. The van der Waals surface area contributed by atoms with Crippen LogP contribution >= 0.6 is 0 Å². The summed E-state index contributed by atoms with van der Waals surface area (Å²) in [4.78, 5) is 0.399. The molecule has 1 aliphatic rings. The third-order valence-corrected chi connectivity index (χ3v) is 8.69. The van der Waals surface area contributed by atoms with Gasteiger partial charge in [0.05, 0.1) is 16.9 Å². The number of benzene rings is 2. The molecule has 0 spiro atoms. The molecule has 1 aliphatic heterocycles. The van der Waals surface area contributed by atoms with Crippen molar-refractivity contribution in [3.63, 3.8) is 0 Å². The number of hydrogen-bond donors (Lipinski definition) is 0. The summed E-state index contributed by atoms with van der Waals surface area (Å²) >= 11 is 0. The Hall–Kier alpha value is -1.94. The molecule has 1 saturated heterocycles. The van der Waals surface area contributed by atoms with Crippen LogP contribution in [0.15, 0.2) is 58.3 Å². The molecule has 0 atom stereocenters. The minimum atomic E-state index is -3.67. The smallest absolute Gasteiger partial charge is 0.243 e. The van der Waals surface area contributed by atoms with Crippen molar-refractivity contribution < 1.29 is 21.6 Å². The summed E-state index contributed by atoms with van der Waals surface area (Å²) in [5.41, 5.74) is 1.06. The molecule has 2 aromatic carbocycles. The van der Waals surface area contributed by atoms with Crippen LogP contribution < -0.4 is 4.74 Å². The van der Waals surface area contributed by atoms with Crippen molar-refractivity contribution in [1.82, 2.24) is 8.61 Å². The normalized spacial score (nSPS) is 16.8. The molecule has 7 nitrogen and oxygen atoms in total. The Morgan fingerprint density at radius 2 is 1.14 bits per heavy atom. The first kappa shape index (κ1) is 20.8. The number of hydrogen-bond acceptors (Lipinski definition) is 5. The fraction of sp³-hybridized carbons (Fsp3) is 0.368. The summed E-state index contributed by atoms with van der Waals surface area (Å²) in [6.07, 6.45) is 0.836. The first-order valence-corrected chi connectivity index (χ1v) is 11.9. The highest BCUT2D eigenvalue weighted by molar-refractivity contribution is 7.89. The maximum Gasteiger partial charge on any atom is 0.243 e. The van der Waals surface area contributed by atoms with Gasteiger partial charge in [-0.2, -0.15) is 8.61 Å². The molecule has 0 amide bonds. The molecule has 2 aromatic rings. The lowest BCUT2D eigenvalue weighted by atomic mass is 10.2. The minimum Gasteiger partial charge on any atom is -0.497 e. The standard InChI is InChI=1S/C19H24N2O5S2/c1-3-16-4-8-18(9-5-16)27(22,23)20-12-14-21(15-13-20)28(24,25)19-10-6-17(26-2)7-11-19/h4-11H,3,12-15H2,1-2H3. The van der Waals surface area contributed by atoms with Gasteiger partial charge in [-0.05, 0) is 48.4 Å². The first-order chi connectivity index (χ1) is 13.3. The second-order valence-electron chi connectivity index (χ2n) is 6.48. The van der Waals surface area contributed by atoms with Crippen LogP contribution in [-0.4, -0.2) is 58.7 Å². The van der Waals surface area contributed by atoms with E-state index in [0.717, 1.165) is 12.0 Å². The van der Waals surface area contributed by atoms with Gasteiger partial charge in [-0.25, -0.2) is 16.8 Å². The lowest BCUT2D eigenvalue weighted by Gasteiger charge is -2.33. The van der Waals surface area contributed by atoms with Crippen LogP contribution in [0.2, 0.25) is 0 Å². The molecular weight excluding hydrogens is 400 g/mol. The minimum absolute atomic E-state index is 0.112. The van der Waals surface area contributed by atoms with E-state index in [1.54, 1.807) is 36.4 Å². The van der Waals surface area contributed by atoms with Crippen LogP contribution in [0.4, 0.5) is 0 Å². The summed E-state index contributed by atoms with van der Waals surface area (Å²) in [5, 5.41) is 0. The topological polar surface area (TPSA) is 84.0 Å². The van der Waals surface area contributed by atoms with Crippen molar-refractivity contribution >= 4 is 20.0 Å². The summed E-state index contributed by atoms with van der Waals surface area (Å²) in [6, 6.07) is 13.0. The average Bonchev–Trinajstić information content (AvgIpc) is 2.74. The predicted octanol–water partition coefficient (Wildman–Crippen LogP) is 1.95. The van der Waals surface area contributed by atoms with Crippen molar-refractivity contribution in [2.24, 2.45) is 0 Å². The van der Waals surface area contributed by atoms with E-state index >= 15 is 0 Å².